The van der Waals surface area contributed by atoms with Gasteiger partial charge in [-0.15, -0.1) is 10.2 Å². The lowest BCUT2D eigenvalue weighted by Crippen LogP contribution is -2.20. The van der Waals surface area contributed by atoms with Crippen molar-refractivity contribution < 1.29 is 18.4 Å². The van der Waals surface area contributed by atoms with Crippen molar-refractivity contribution in [3.8, 4) is 34.5 Å². The Kier molecular flexibility index (Phi) is 5.60. The first-order valence-electron chi connectivity index (χ1n) is 10.5. The van der Waals surface area contributed by atoms with Gasteiger partial charge in [0.2, 0.25) is 5.82 Å². The number of ether oxygens (including phenoxy) is 2. The van der Waals surface area contributed by atoms with E-state index in [4.69, 9.17) is 14.0 Å². The fraction of sp³-hybridized carbons (Fsp3) is 0.250. The van der Waals surface area contributed by atoms with Gasteiger partial charge < -0.3 is 18.9 Å². The fourth-order valence-corrected chi connectivity index (χ4v) is 4.03. The molecule has 1 fully saturated rings. The van der Waals surface area contributed by atoms with Crippen LogP contribution >= 0.6 is 0 Å². The number of rotatable bonds is 6. The first-order valence-corrected chi connectivity index (χ1v) is 10.5. The number of hydrogen-bond donors (Lipinski definition) is 0. The molecule has 0 N–H and O–H groups in total. The summed E-state index contributed by atoms with van der Waals surface area (Å²) in [4.78, 5) is 6.55. The van der Waals surface area contributed by atoms with E-state index in [9.17, 15) is 4.39 Å². The first-order chi connectivity index (χ1) is 16.1. The van der Waals surface area contributed by atoms with Crippen molar-refractivity contribution in [2.75, 3.05) is 32.2 Å². The zero-order valence-corrected chi connectivity index (χ0v) is 18.2. The summed E-state index contributed by atoms with van der Waals surface area (Å²) in [6, 6.07) is 15.5. The highest BCUT2D eigenvalue weighted by atomic mass is 19.1. The number of nitrogens with zero attached hydrogens (tertiary/aromatic N) is 5. The van der Waals surface area contributed by atoms with Crippen LogP contribution in [-0.2, 0) is 0 Å². The molecule has 33 heavy (non-hydrogen) atoms. The molecular weight excluding hydrogens is 425 g/mol. The summed E-state index contributed by atoms with van der Waals surface area (Å²) < 4.78 is 29.4. The van der Waals surface area contributed by atoms with Gasteiger partial charge in [0.15, 0.2) is 11.5 Å². The highest BCUT2D eigenvalue weighted by Crippen LogP contribution is 2.37. The minimum atomic E-state index is -0.321. The SMILES string of the molecule is COc1ccc(OC)c([C@@H]2CCN(c3ccc(-c4nc(-c5ccc(F)cc5)no4)nn3)C2)c1. The van der Waals surface area contributed by atoms with Crippen molar-refractivity contribution in [3.63, 3.8) is 0 Å². The van der Waals surface area contributed by atoms with Crippen LogP contribution in [-0.4, -0.2) is 47.6 Å². The summed E-state index contributed by atoms with van der Waals surface area (Å²) in [5.41, 5.74) is 2.26. The predicted octanol–water partition coefficient (Wildman–Crippen LogP) is 4.34. The average Bonchev–Trinajstić information content (AvgIpc) is 3.55. The van der Waals surface area contributed by atoms with E-state index in [-0.39, 0.29) is 11.7 Å². The van der Waals surface area contributed by atoms with Gasteiger partial charge in [-0.2, -0.15) is 4.98 Å². The first kappa shape index (κ1) is 20.9. The molecule has 1 saturated heterocycles. The van der Waals surface area contributed by atoms with Crippen molar-refractivity contribution in [1.82, 2.24) is 20.3 Å². The summed E-state index contributed by atoms with van der Waals surface area (Å²) >= 11 is 0. The van der Waals surface area contributed by atoms with Crippen LogP contribution in [0.3, 0.4) is 0 Å². The van der Waals surface area contributed by atoms with Crippen molar-refractivity contribution in [2.45, 2.75) is 12.3 Å². The Morgan fingerprint density at radius 1 is 1.00 bits per heavy atom. The molecule has 5 rings (SSSR count). The van der Waals surface area contributed by atoms with E-state index < -0.39 is 0 Å². The number of aromatic nitrogens is 4. The van der Waals surface area contributed by atoms with Gasteiger partial charge >= 0.3 is 0 Å². The van der Waals surface area contributed by atoms with Crippen molar-refractivity contribution in [2.24, 2.45) is 0 Å². The monoisotopic (exact) mass is 447 g/mol. The van der Waals surface area contributed by atoms with Gasteiger partial charge in [0.05, 0.1) is 14.2 Å². The zero-order valence-electron chi connectivity index (χ0n) is 18.2. The van der Waals surface area contributed by atoms with Crippen LogP contribution in [0.1, 0.15) is 17.9 Å². The molecule has 1 atom stereocenters. The molecule has 168 valence electrons. The Morgan fingerprint density at radius 2 is 1.85 bits per heavy atom. The predicted molar refractivity (Wildman–Crippen MR) is 120 cm³/mol. The Labute approximate surface area is 190 Å². The molecule has 0 aliphatic carbocycles. The number of methoxy groups -OCH3 is 2. The number of halogens is 1. The Bertz CT molecular complexity index is 1240. The average molecular weight is 447 g/mol. The van der Waals surface area contributed by atoms with E-state index in [1.54, 1.807) is 26.4 Å². The second kappa shape index (κ2) is 8.85. The number of hydrogen-bond acceptors (Lipinski definition) is 8. The van der Waals surface area contributed by atoms with Crippen molar-refractivity contribution in [3.05, 3.63) is 66.0 Å². The van der Waals surface area contributed by atoms with Gasteiger partial charge in [-0.25, -0.2) is 4.39 Å². The van der Waals surface area contributed by atoms with E-state index >= 15 is 0 Å². The molecule has 4 aromatic rings. The molecule has 0 bridgehead atoms. The van der Waals surface area contributed by atoms with Gasteiger partial charge in [0.25, 0.3) is 5.89 Å². The quantitative estimate of drug-likeness (QED) is 0.431. The van der Waals surface area contributed by atoms with Gasteiger partial charge in [-0.1, -0.05) is 5.16 Å². The third kappa shape index (κ3) is 4.21. The maximum Gasteiger partial charge on any atom is 0.278 e. The van der Waals surface area contributed by atoms with Crippen LogP contribution in [0.5, 0.6) is 11.5 Å². The molecule has 1 aliphatic heterocycles. The molecule has 1 aliphatic rings. The summed E-state index contributed by atoms with van der Waals surface area (Å²) in [6.45, 7) is 1.65. The van der Waals surface area contributed by atoms with E-state index in [2.05, 4.69) is 25.2 Å². The lowest BCUT2D eigenvalue weighted by Gasteiger charge is -2.18. The summed E-state index contributed by atoms with van der Waals surface area (Å²) in [5.74, 6) is 3.05. The van der Waals surface area contributed by atoms with E-state index in [1.807, 2.05) is 30.3 Å². The van der Waals surface area contributed by atoms with Crippen LogP contribution in [0.15, 0.2) is 59.1 Å². The second-order valence-electron chi connectivity index (χ2n) is 7.75. The summed E-state index contributed by atoms with van der Waals surface area (Å²) in [6.07, 6.45) is 0.970. The second-order valence-corrected chi connectivity index (χ2v) is 7.75. The molecule has 0 saturated carbocycles. The van der Waals surface area contributed by atoms with Gasteiger partial charge in [0, 0.05) is 30.1 Å². The van der Waals surface area contributed by atoms with Crippen LogP contribution in [0.2, 0.25) is 0 Å². The van der Waals surface area contributed by atoms with Gasteiger partial charge in [0.1, 0.15) is 17.3 Å². The summed E-state index contributed by atoms with van der Waals surface area (Å²) in [5, 5.41) is 12.6. The van der Waals surface area contributed by atoms with Crippen LogP contribution in [0.4, 0.5) is 10.2 Å². The van der Waals surface area contributed by atoms with Gasteiger partial charge in [-0.05, 0) is 61.0 Å². The van der Waals surface area contributed by atoms with Crippen molar-refractivity contribution >= 4 is 5.82 Å². The van der Waals surface area contributed by atoms with Gasteiger partial charge in [-0.3, -0.25) is 0 Å². The minimum absolute atomic E-state index is 0.258. The Balaban J connectivity index is 1.30. The maximum absolute atomic E-state index is 13.1. The third-order valence-corrected chi connectivity index (χ3v) is 5.79. The molecule has 0 unspecified atom stereocenters. The van der Waals surface area contributed by atoms with E-state index in [1.165, 1.54) is 12.1 Å². The number of benzene rings is 2. The molecule has 0 amide bonds. The van der Waals surface area contributed by atoms with Crippen LogP contribution in [0.25, 0.3) is 23.0 Å². The highest BCUT2D eigenvalue weighted by Gasteiger charge is 2.28. The normalized spacial score (nSPS) is 15.6. The lowest BCUT2D eigenvalue weighted by molar-refractivity contribution is 0.396. The minimum Gasteiger partial charge on any atom is -0.497 e. The molecule has 0 radical (unpaired) electrons. The topological polar surface area (TPSA) is 86.4 Å². The smallest absolute Gasteiger partial charge is 0.278 e. The zero-order chi connectivity index (χ0) is 22.8. The lowest BCUT2D eigenvalue weighted by atomic mass is 9.97. The summed E-state index contributed by atoms with van der Waals surface area (Å²) in [7, 11) is 3.34. The molecule has 2 aromatic carbocycles. The fourth-order valence-electron chi connectivity index (χ4n) is 4.03. The molecule has 9 heteroatoms. The molecular formula is C24H22FN5O3. The van der Waals surface area contributed by atoms with E-state index in [0.717, 1.165) is 42.4 Å². The highest BCUT2D eigenvalue weighted by molar-refractivity contribution is 5.58. The molecule has 0 spiro atoms. The molecule has 2 aromatic heterocycles. The number of anilines is 1. The Morgan fingerprint density at radius 3 is 2.58 bits per heavy atom. The van der Waals surface area contributed by atoms with Crippen LogP contribution < -0.4 is 14.4 Å². The largest absolute Gasteiger partial charge is 0.497 e. The van der Waals surface area contributed by atoms with Crippen molar-refractivity contribution in [1.29, 1.82) is 0 Å². The third-order valence-electron chi connectivity index (χ3n) is 5.79. The maximum atomic E-state index is 13.1. The standard InChI is InChI=1S/C24H22FN5O3/c1-31-18-7-9-21(32-2)19(13-18)16-11-12-30(14-16)22-10-8-20(27-28-22)24-26-23(29-33-24)15-3-5-17(25)6-4-15/h3-10,13,16H,11-12,14H2,1-2H3/t16-/m1/s1. The molecule has 3 heterocycles. The van der Waals surface area contributed by atoms with E-state index in [0.29, 0.717) is 23.0 Å². The molecule has 8 nitrogen and oxygen atoms in total. The van der Waals surface area contributed by atoms with Crippen LogP contribution in [0, 0.1) is 5.82 Å². The Hall–Kier alpha value is -4.01.